The molecule has 3 N–H and O–H groups in total. The molecule has 1 saturated carbocycles. The molecule has 0 aliphatic heterocycles. The molecule has 0 saturated heterocycles. The zero-order chi connectivity index (χ0) is 12.2. The van der Waals surface area contributed by atoms with Gasteiger partial charge in [-0.3, -0.25) is 4.79 Å². The quantitative estimate of drug-likeness (QED) is 0.674. The SMILES string of the molecule is CCCN(CCO)C(=O)C1(C(N)=S)CCC1. The number of nitrogens with two attached hydrogens (primary N) is 1. The molecule has 0 spiro atoms. The van der Waals surface area contributed by atoms with Crippen molar-refractivity contribution in [3.05, 3.63) is 0 Å². The number of aliphatic hydroxyl groups is 1. The van der Waals surface area contributed by atoms with E-state index in [9.17, 15) is 4.79 Å². The molecule has 0 bridgehead atoms. The Labute approximate surface area is 102 Å². The van der Waals surface area contributed by atoms with Crippen LogP contribution in [0.2, 0.25) is 0 Å². The van der Waals surface area contributed by atoms with Crippen LogP contribution in [-0.2, 0) is 4.79 Å². The minimum atomic E-state index is -0.611. The number of nitrogens with zero attached hydrogens (tertiary/aromatic N) is 1. The van der Waals surface area contributed by atoms with Crippen LogP contribution < -0.4 is 5.73 Å². The normalized spacial score (nSPS) is 17.6. The summed E-state index contributed by atoms with van der Waals surface area (Å²) >= 11 is 5.01. The number of rotatable bonds is 6. The topological polar surface area (TPSA) is 66.6 Å². The summed E-state index contributed by atoms with van der Waals surface area (Å²) in [5.41, 5.74) is 5.07. The highest BCUT2D eigenvalue weighted by molar-refractivity contribution is 7.80. The van der Waals surface area contributed by atoms with E-state index in [0.717, 1.165) is 25.7 Å². The Kier molecular flexibility index (Phi) is 4.68. The Morgan fingerprint density at radius 1 is 1.50 bits per heavy atom. The summed E-state index contributed by atoms with van der Waals surface area (Å²) in [4.78, 5) is 14.3. The molecule has 16 heavy (non-hydrogen) atoms. The summed E-state index contributed by atoms with van der Waals surface area (Å²) in [6.07, 6.45) is 3.39. The summed E-state index contributed by atoms with van der Waals surface area (Å²) in [7, 11) is 0. The van der Waals surface area contributed by atoms with Crippen molar-refractivity contribution in [2.45, 2.75) is 32.6 Å². The fourth-order valence-electron chi connectivity index (χ4n) is 2.10. The first-order chi connectivity index (χ1) is 7.58. The first-order valence-corrected chi connectivity index (χ1v) is 6.19. The molecular formula is C11H20N2O2S. The summed E-state index contributed by atoms with van der Waals surface area (Å²) < 4.78 is 0. The lowest BCUT2D eigenvalue weighted by Gasteiger charge is -2.42. The Morgan fingerprint density at radius 2 is 2.12 bits per heavy atom. The van der Waals surface area contributed by atoms with Crippen LogP contribution in [-0.4, -0.2) is 40.6 Å². The lowest BCUT2D eigenvalue weighted by Crippen LogP contribution is -2.55. The van der Waals surface area contributed by atoms with E-state index < -0.39 is 5.41 Å². The van der Waals surface area contributed by atoms with Gasteiger partial charge in [-0.2, -0.15) is 0 Å². The summed E-state index contributed by atoms with van der Waals surface area (Å²) in [5.74, 6) is 0.00199. The second-order valence-electron chi connectivity index (χ2n) is 4.32. The number of hydrogen-bond donors (Lipinski definition) is 2. The smallest absolute Gasteiger partial charge is 0.235 e. The average Bonchev–Trinajstić information content (AvgIpc) is 2.14. The van der Waals surface area contributed by atoms with Gasteiger partial charge in [0.1, 0.15) is 0 Å². The van der Waals surface area contributed by atoms with Crippen LogP contribution in [0.1, 0.15) is 32.6 Å². The zero-order valence-electron chi connectivity index (χ0n) is 9.74. The molecule has 0 heterocycles. The number of aliphatic hydroxyl groups excluding tert-OH is 1. The fourth-order valence-corrected chi connectivity index (χ4v) is 2.40. The third kappa shape index (κ3) is 2.35. The maximum atomic E-state index is 12.3. The molecule has 0 atom stereocenters. The summed E-state index contributed by atoms with van der Waals surface area (Å²) in [6.45, 7) is 3.02. The molecule has 1 amide bonds. The predicted octanol–water partition coefficient (Wildman–Crippen LogP) is 0.674. The molecule has 1 rings (SSSR count). The van der Waals surface area contributed by atoms with Gasteiger partial charge in [0.25, 0.3) is 0 Å². The Bertz CT molecular complexity index is 271. The highest BCUT2D eigenvalue weighted by atomic mass is 32.1. The van der Waals surface area contributed by atoms with Gasteiger partial charge in [-0.25, -0.2) is 0 Å². The predicted molar refractivity (Wildman–Crippen MR) is 67.0 cm³/mol. The number of thiocarbonyl (C=S) groups is 1. The first-order valence-electron chi connectivity index (χ1n) is 5.78. The largest absolute Gasteiger partial charge is 0.395 e. The lowest BCUT2D eigenvalue weighted by atomic mass is 9.67. The van der Waals surface area contributed by atoms with Crippen molar-refractivity contribution >= 4 is 23.1 Å². The molecule has 1 fully saturated rings. The minimum absolute atomic E-state index is 0.00199. The minimum Gasteiger partial charge on any atom is -0.395 e. The molecule has 4 nitrogen and oxygen atoms in total. The summed E-state index contributed by atoms with van der Waals surface area (Å²) in [5, 5.41) is 8.95. The number of amides is 1. The van der Waals surface area contributed by atoms with E-state index in [2.05, 4.69) is 0 Å². The summed E-state index contributed by atoms with van der Waals surface area (Å²) in [6, 6.07) is 0. The van der Waals surface area contributed by atoms with E-state index in [-0.39, 0.29) is 12.5 Å². The van der Waals surface area contributed by atoms with Crippen LogP contribution in [0.4, 0.5) is 0 Å². The van der Waals surface area contributed by atoms with Crippen LogP contribution in [0.15, 0.2) is 0 Å². The average molecular weight is 244 g/mol. The molecule has 92 valence electrons. The first kappa shape index (κ1) is 13.4. The zero-order valence-corrected chi connectivity index (χ0v) is 10.6. The van der Waals surface area contributed by atoms with Crippen LogP contribution in [0.5, 0.6) is 0 Å². The maximum Gasteiger partial charge on any atom is 0.235 e. The van der Waals surface area contributed by atoms with Gasteiger partial charge >= 0.3 is 0 Å². The molecule has 5 heteroatoms. The fraction of sp³-hybridized carbons (Fsp3) is 0.818. The number of carbonyl (C=O) groups is 1. The van der Waals surface area contributed by atoms with E-state index >= 15 is 0 Å². The maximum absolute atomic E-state index is 12.3. The van der Waals surface area contributed by atoms with Crippen LogP contribution in [0.3, 0.4) is 0 Å². The van der Waals surface area contributed by atoms with Gasteiger partial charge in [0, 0.05) is 13.1 Å². The van der Waals surface area contributed by atoms with Gasteiger partial charge in [0.05, 0.1) is 17.0 Å². The van der Waals surface area contributed by atoms with Crippen LogP contribution in [0, 0.1) is 5.41 Å². The van der Waals surface area contributed by atoms with Gasteiger partial charge in [-0.15, -0.1) is 0 Å². The van der Waals surface area contributed by atoms with Gasteiger partial charge in [-0.1, -0.05) is 25.6 Å². The van der Waals surface area contributed by atoms with Crippen LogP contribution >= 0.6 is 12.2 Å². The molecule has 0 aromatic heterocycles. The molecular weight excluding hydrogens is 224 g/mol. The molecule has 0 radical (unpaired) electrons. The van der Waals surface area contributed by atoms with Crippen molar-refractivity contribution in [2.24, 2.45) is 11.1 Å². The Morgan fingerprint density at radius 3 is 2.44 bits per heavy atom. The number of carbonyl (C=O) groups excluding carboxylic acids is 1. The third-order valence-corrected chi connectivity index (χ3v) is 3.63. The van der Waals surface area contributed by atoms with Crippen molar-refractivity contribution in [1.29, 1.82) is 0 Å². The van der Waals surface area contributed by atoms with Gasteiger partial charge < -0.3 is 15.7 Å². The van der Waals surface area contributed by atoms with Gasteiger partial charge in [0.15, 0.2) is 0 Å². The number of hydrogen-bond acceptors (Lipinski definition) is 3. The van der Waals surface area contributed by atoms with Crippen LogP contribution in [0.25, 0.3) is 0 Å². The highest BCUT2D eigenvalue weighted by Gasteiger charge is 2.48. The third-order valence-electron chi connectivity index (χ3n) is 3.24. The van der Waals surface area contributed by atoms with Gasteiger partial charge in [0.2, 0.25) is 5.91 Å². The standard InChI is InChI=1S/C11H20N2O2S/c1-2-6-13(7-8-14)10(15)11(9(12)16)4-3-5-11/h14H,2-8H2,1H3,(H2,12,16). The highest BCUT2D eigenvalue weighted by Crippen LogP contribution is 2.42. The Balaban J connectivity index is 2.75. The lowest BCUT2D eigenvalue weighted by molar-refractivity contribution is -0.142. The molecule has 1 aliphatic rings. The Hall–Kier alpha value is -0.680. The molecule has 0 aromatic rings. The molecule has 0 unspecified atom stereocenters. The monoisotopic (exact) mass is 244 g/mol. The second kappa shape index (κ2) is 5.59. The van der Waals surface area contributed by atoms with E-state index in [1.165, 1.54) is 0 Å². The van der Waals surface area contributed by atoms with E-state index in [0.29, 0.717) is 18.1 Å². The van der Waals surface area contributed by atoms with Gasteiger partial charge in [-0.05, 0) is 19.3 Å². The van der Waals surface area contributed by atoms with Crippen molar-refractivity contribution in [1.82, 2.24) is 4.90 Å². The van der Waals surface area contributed by atoms with Crippen molar-refractivity contribution < 1.29 is 9.90 Å². The van der Waals surface area contributed by atoms with E-state index in [1.807, 2.05) is 6.92 Å². The molecule has 0 aromatic carbocycles. The second-order valence-corrected chi connectivity index (χ2v) is 4.76. The van der Waals surface area contributed by atoms with Crippen molar-refractivity contribution in [2.75, 3.05) is 19.7 Å². The van der Waals surface area contributed by atoms with E-state index in [4.69, 9.17) is 23.1 Å². The van der Waals surface area contributed by atoms with Crippen molar-refractivity contribution in [3.63, 3.8) is 0 Å². The van der Waals surface area contributed by atoms with Crippen molar-refractivity contribution in [3.8, 4) is 0 Å². The molecule has 1 aliphatic carbocycles. The van der Waals surface area contributed by atoms with E-state index in [1.54, 1.807) is 4.90 Å².